The minimum atomic E-state index is 0.0521. The van der Waals surface area contributed by atoms with E-state index in [-0.39, 0.29) is 17.9 Å². The van der Waals surface area contributed by atoms with Gasteiger partial charge in [-0.1, -0.05) is 12.8 Å². The molecule has 2 rings (SSSR count). The Morgan fingerprint density at radius 1 is 1.47 bits per heavy atom. The van der Waals surface area contributed by atoms with Crippen LogP contribution in [0.5, 0.6) is 0 Å². The molecular weight excluding hydrogens is 216 g/mol. The molecule has 0 radical (unpaired) electrons. The monoisotopic (exact) mass is 240 g/mol. The number of likely N-dealkylation sites (N-methyl/N-ethyl adjacent to an activating group) is 1. The summed E-state index contributed by atoms with van der Waals surface area (Å²) in [6, 6.07) is 0.345. The number of rotatable bonds is 4. The highest BCUT2D eigenvalue weighted by Gasteiger charge is 2.58. The van der Waals surface area contributed by atoms with Crippen LogP contribution < -0.4 is 5.73 Å². The van der Waals surface area contributed by atoms with Crippen LogP contribution in [0.15, 0.2) is 0 Å². The second-order valence-electron chi connectivity index (χ2n) is 5.34. The molecule has 2 aliphatic carbocycles. The second-order valence-corrected chi connectivity index (χ2v) is 5.34. The predicted molar refractivity (Wildman–Crippen MR) is 66.5 cm³/mol. The van der Waals surface area contributed by atoms with E-state index in [9.17, 15) is 4.79 Å². The zero-order valence-corrected chi connectivity index (χ0v) is 10.9. The van der Waals surface area contributed by atoms with Crippen LogP contribution in [0, 0.1) is 5.41 Å². The normalized spacial score (nSPS) is 30.3. The molecule has 0 heterocycles. The SMILES string of the molecule is CCOC1CC(N(C)C(=O)CN)C12CCCC2. The average molecular weight is 240 g/mol. The van der Waals surface area contributed by atoms with Crippen molar-refractivity contribution in [2.24, 2.45) is 11.1 Å². The molecule has 0 aliphatic heterocycles. The van der Waals surface area contributed by atoms with Crippen LogP contribution in [0.2, 0.25) is 0 Å². The molecule has 0 aromatic heterocycles. The molecule has 2 unspecified atom stereocenters. The van der Waals surface area contributed by atoms with E-state index >= 15 is 0 Å². The lowest BCUT2D eigenvalue weighted by molar-refractivity contribution is -0.171. The molecule has 17 heavy (non-hydrogen) atoms. The molecule has 2 fully saturated rings. The average Bonchev–Trinajstić information content (AvgIpc) is 2.84. The van der Waals surface area contributed by atoms with E-state index in [1.165, 1.54) is 25.7 Å². The van der Waals surface area contributed by atoms with Crippen molar-refractivity contribution in [2.45, 2.75) is 51.2 Å². The maximum atomic E-state index is 11.7. The maximum absolute atomic E-state index is 11.7. The number of ether oxygens (including phenoxy) is 1. The summed E-state index contributed by atoms with van der Waals surface area (Å²) in [7, 11) is 1.89. The zero-order valence-electron chi connectivity index (χ0n) is 10.9. The minimum absolute atomic E-state index is 0.0521. The van der Waals surface area contributed by atoms with Gasteiger partial charge < -0.3 is 15.4 Å². The van der Waals surface area contributed by atoms with Crippen LogP contribution in [0.25, 0.3) is 0 Å². The van der Waals surface area contributed by atoms with Gasteiger partial charge in [-0.15, -0.1) is 0 Å². The zero-order chi connectivity index (χ0) is 12.5. The van der Waals surface area contributed by atoms with Gasteiger partial charge in [0.25, 0.3) is 0 Å². The van der Waals surface area contributed by atoms with Crippen LogP contribution in [-0.2, 0) is 9.53 Å². The summed E-state index contributed by atoms with van der Waals surface area (Å²) in [6.07, 6.45) is 6.27. The number of nitrogens with two attached hydrogens (primary N) is 1. The number of amides is 1. The Morgan fingerprint density at radius 2 is 2.12 bits per heavy atom. The van der Waals surface area contributed by atoms with Gasteiger partial charge in [-0.3, -0.25) is 4.79 Å². The van der Waals surface area contributed by atoms with Gasteiger partial charge in [0, 0.05) is 25.1 Å². The number of nitrogens with zero attached hydrogens (tertiary/aromatic N) is 1. The summed E-state index contributed by atoms with van der Waals surface area (Å²) in [5.41, 5.74) is 5.68. The van der Waals surface area contributed by atoms with Gasteiger partial charge in [0.15, 0.2) is 0 Å². The lowest BCUT2D eigenvalue weighted by Crippen LogP contribution is -2.64. The van der Waals surface area contributed by atoms with Crippen molar-refractivity contribution >= 4 is 5.91 Å². The number of hydrogen-bond acceptors (Lipinski definition) is 3. The molecule has 2 saturated carbocycles. The highest BCUT2D eigenvalue weighted by Crippen LogP contribution is 2.56. The van der Waals surface area contributed by atoms with E-state index in [0.29, 0.717) is 12.1 Å². The Morgan fingerprint density at radius 3 is 2.65 bits per heavy atom. The maximum Gasteiger partial charge on any atom is 0.236 e. The van der Waals surface area contributed by atoms with E-state index in [4.69, 9.17) is 10.5 Å². The molecule has 1 amide bonds. The van der Waals surface area contributed by atoms with Gasteiger partial charge >= 0.3 is 0 Å². The fourth-order valence-electron chi connectivity index (χ4n) is 3.71. The fraction of sp³-hybridized carbons (Fsp3) is 0.923. The summed E-state index contributed by atoms with van der Waals surface area (Å²) in [6.45, 7) is 2.93. The molecule has 1 spiro atoms. The highest BCUT2D eigenvalue weighted by atomic mass is 16.5. The quantitative estimate of drug-likeness (QED) is 0.801. The van der Waals surface area contributed by atoms with Crippen molar-refractivity contribution in [1.29, 1.82) is 0 Å². The van der Waals surface area contributed by atoms with Gasteiger partial charge in [0.2, 0.25) is 5.91 Å². The first-order chi connectivity index (χ1) is 8.15. The van der Waals surface area contributed by atoms with Crippen molar-refractivity contribution < 1.29 is 9.53 Å². The molecule has 0 bridgehead atoms. The molecule has 0 saturated heterocycles. The molecule has 2 N–H and O–H groups in total. The molecule has 2 aliphatic rings. The van der Waals surface area contributed by atoms with Crippen molar-refractivity contribution in [2.75, 3.05) is 20.2 Å². The third-order valence-corrected chi connectivity index (χ3v) is 4.68. The van der Waals surface area contributed by atoms with Crippen LogP contribution >= 0.6 is 0 Å². The molecule has 4 nitrogen and oxygen atoms in total. The second kappa shape index (κ2) is 4.94. The van der Waals surface area contributed by atoms with Crippen LogP contribution in [0.4, 0.5) is 0 Å². The molecule has 4 heteroatoms. The Bertz CT molecular complexity index is 287. The summed E-state index contributed by atoms with van der Waals surface area (Å²) >= 11 is 0. The van der Waals surface area contributed by atoms with Gasteiger partial charge in [0.1, 0.15) is 0 Å². The smallest absolute Gasteiger partial charge is 0.236 e. The summed E-state index contributed by atoms with van der Waals surface area (Å²) < 4.78 is 5.84. The Balaban J connectivity index is 2.07. The fourth-order valence-corrected chi connectivity index (χ4v) is 3.71. The number of carbonyl (C=O) groups excluding carboxylic acids is 1. The summed E-state index contributed by atoms with van der Waals surface area (Å²) in [5.74, 6) is 0.0521. The highest BCUT2D eigenvalue weighted by molar-refractivity contribution is 5.78. The van der Waals surface area contributed by atoms with E-state index in [2.05, 4.69) is 0 Å². The van der Waals surface area contributed by atoms with E-state index in [0.717, 1.165) is 13.0 Å². The van der Waals surface area contributed by atoms with Crippen molar-refractivity contribution in [1.82, 2.24) is 4.90 Å². The standard InChI is InChI=1S/C13H24N2O2/c1-3-17-11-8-10(15(2)12(16)9-14)13(11)6-4-5-7-13/h10-11H,3-9,14H2,1-2H3. The molecule has 0 aromatic carbocycles. The molecule has 2 atom stereocenters. The third-order valence-electron chi connectivity index (χ3n) is 4.68. The van der Waals surface area contributed by atoms with Crippen LogP contribution in [0.3, 0.4) is 0 Å². The topological polar surface area (TPSA) is 55.6 Å². The van der Waals surface area contributed by atoms with Crippen molar-refractivity contribution in [3.8, 4) is 0 Å². The molecular formula is C13H24N2O2. The van der Waals surface area contributed by atoms with Crippen LogP contribution in [0.1, 0.15) is 39.0 Å². The van der Waals surface area contributed by atoms with Crippen molar-refractivity contribution in [3.63, 3.8) is 0 Å². The van der Waals surface area contributed by atoms with Gasteiger partial charge in [0.05, 0.1) is 12.6 Å². The minimum Gasteiger partial charge on any atom is -0.378 e. The summed E-state index contributed by atoms with van der Waals surface area (Å²) in [4.78, 5) is 13.6. The largest absolute Gasteiger partial charge is 0.378 e. The Labute approximate surface area is 103 Å². The lowest BCUT2D eigenvalue weighted by atomic mass is 9.60. The predicted octanol–water partition coefficient (Wildman–Crippen LogP) is 1.14. The van der Waals surface area contributed by atoms with E-state index < -0.39 is 0 Å². The van der Waals surface area contributed by atoms with E-state index in [1.54, 1.807) is 0 Å². The summed E-state index contributed by atoms with van der Waals surface area (Å²) in [5, 5.41) is 0. The molecule has 98 valence electrons. The van der Waals surface area contributed by atoms with Gasteiger partial charge in [-0.25, -0.2) is 0 Å². The van der Waals surface area contributed by atoms with Gasteiger partial charge in [-0.2, -0.15) is 0 Å². The Hall–Kier alpha value is -0.610. The Kier molecular flexibility index (Phi) is 3.73. The third kappa shape index (κ3) is 1.97. The first kappa shape index (κ1) is 12.8. The van der Waals surface area contributed by atoms with Crippen LogP contribution in [-0.4, -0.2) is 43.2 Å². The lowest BCUT2D eigenvalue weighted by Gasteiger charge is -2.57. The van der Waals surface area contributed by atoms with Gasteiger partial charge in [-0.05, 0) is 26.2 Å². The first-order valence-corrected chi connectivity index (χ1v) is 6.73. The number of hydrogen-bond donors (Lipinski definition) is 1. The van der Waals surface area contributed by atoms with E-state index in [1.807, 2.05) is 18.9 Å². The number of carbonyl (C=O) groups is 1. The first-order valence-electron chi connectivity index (χ1n) is 6.73. The molecule has 0 aromatic rings. The van der Waals surface area contributed by atoms with Crippen molar-refractivity contribution in [3.05, 3.63) is 0 Å².